The molecule has 1 aromatic carbocycles. The lowest BCUT2D eigenvalue weighted by molar-refractivity contribution is 0.403. The highest BCUT2D eigenvalue weighted by Gasteiger charge is 2.18. The SMILES string of the molecule is CCCNC(Cc1cccc(OC)c1)c1occc1Br. The lowest BCUT2D eigenvalue weighted by atomic mass is 10.0. The molecule has 0 saturated heterocycles. The van der Waals surface area contributed by atoms with Gasteiger partial charge in [-0.25, -0.2) is 0 Å². The molecule has 1 N–H and O–H groups in total. The Morgan fingerprint density at radius 3 is 2.85 bits per heavy atom. The molecule has 0 saturated carbocycles. The maximum atomic E-state index is 5.61. The van der Waals surface area contributed by atoms with Gasteiger partial charge in [-0.2, -0.15) is 0 Å². The molecule has 0 fully saturated rings. The lowest BCUT2D eigenvalue weighted by Gasteiger charge is -2.17. The number of nitrogens with one attached hydrogen (secondary N) is 1. The van der Waals surface area contributed by atoms with Gasteiger partial charge in [-0.15, -0.1) is 0 Å². The van der Waals surface area contributed by atoms with E-state index in [2.05, 4.69) is 40.3 Å². The van der Waals surface area contributed by atoms with Gasteiger partial charge in [0.2, 0.25) is 0 Å². The van der Waals surface area contributed by atoms with Crippen LogP contribution in [0.3, 0.4) is 0 Å². The zero-order chi connectivity index (χ0) is 14.4. The van der Waals surface area contributed by atoms with Crippen molar-refractivity contribution in [3.63, 3.8) is 0 Å². The summed E-state index contributed by atoms with van der Waals surface area (Å²) in [6.45, 7) is 3.12. The van der Waals surface area contributed by atoms with Gasteiger partial charge in [-0.3, -0.25) is 0 Å². The standard InChI is InChI=1S/C16H20BrNO2/c1-3-8-18-15(16-14(17)7-9-20-16)11-12-5-4-6-13(10-12)19-2/h4-7,9-10,15,18H,3,8,11H2,1-2H3. The number of rotatable bonds is 7. The molecule has 1 aromatic heterocycles. The van der Waals surface area contributed by atoms with Gasteiger partial charge >= 0.3 is 0 Å². The largest absolute Gasteiger partial charge is 0.497 e. The fraction of sp³-hybridized carbons (Fsp3) is 0.375. The third-order valence-electron chi connectivity index (χ3n) is 3.18. The minimum atomic E-state index is 0.159. The van der Waals surface area contributed by atoms with Crippen LogP contribution in [0.1, 0.15) is 30.7 Å². The second-order valence-electron chi connectivity index (χ2n) is 4.70. The van der Waals surface area contributed by atoms with Crippen LogP contribution in [0.15, 0.2) is 45.5 Å². The molecule has 4 heteroatoms. The summed E-state index contributed by atoms with van der Waals surface area (Å²) < 4.78 is 11.9. The first kappa shape index (κ1) is 15.1. The van der Waals surface area contributed by atoms with Gasteiger partial charge in [-0.05, 0) is 59.1 Å². The third kappa shape index (κ3) is 3.87. The zero-order valence-corrected chi connectivity index (χ0v) is 13.4. The summed E-state index contributed by atoms with van der Waals surface area (Å²) in [6.07, 6.45) is 3.67. The van der Waals surface area contributed by atoms with Crippen molar-refractivity contribution in [3.8, 4) is 5.75 Å². The monoisotopic (exact) mass is 337 g/mol. The Balaban J connectivity index is 2.17. The molecule has 2 rings (SSSR count). The summed E-state index contributed by atoms with van der Waals surface area (Å²) in [5, 5.41) is 3.53. The van der Waals surface area contributed by atoms with Crippen LogP contribution in [0, 0.1) is 0 Å². The van der Waals surface area contributed by atoms with Crippen LogP contribution in [0.2, 0.25) is 0 Å². The zero-order valence-electron chi connectivity index (χ0n) is 11.9. The number of halogens is 1. The molecular formula is C16H20BrNO2. The molecule has 1 unspecified atom stereocenters. The van der Waals surface area contributed by atoms with Crippen LogP contribution in [-0.2, 0) is 6.42 Å². The number of methoxy groups -OCH3 is 1. The lowest BCUT2D eigenvalue weighted by Crippen LogP contribution is -2.24. The molecule has 0 amide bonds. The molecule has 1 heterocycles. The van der Waals surface area contributed by atoms with E-state index >= 15 is 0 Å². The van der Waals surface area contributed by atoms with E-state index < -0.39 is 0 Å². The molecule has 0 aliphatic carbocycles. The minimum Gasteiger partial charge on any atom is -0.497 e. The summed E-state index contributed by atoms with van der Waals surface area (Å²) in [5.74, 6) is 1.83. The van der Waals surface area contributed by atoms with Gasteiger partial charge < -0.3 is 14.5 Å². The van der Waals surface area contributed by atoms with Crippen LogP contribution in [-0.4, -0.2) is 13.7 Å². The summed E-state index contributed by atoms with van der Waals surface area (Å²) in [7, 11) is 1.69. The van der Waals surface area contributed by atoms with E-state index in [-0.39, 0.29) is 6.04 Å². The Morgan fingerprint density at radius 2 is 2.20 bits per heavy atom. The molecule has 0 spiro atoms. The molecule has 0 aliphatic heterocycles. The highest BCUT2D eigenvalue weighted by molar-refractivity contribution is 9.10. The first-order chi connectivity index (χ1) is 9.74. The molecule has 0 bridgehead atoms. The van der Waals surface area contributed by atoms with E-state index in [9.17, 15) is 0 Å². The third-order valence-corrected chi connectivity index (χ3v) is 3.83. The predicted octanol–water partition coefficient (Wildman–Crippen LogP) is 4.33. The van der Waals surface area contributed by atoms with E-state index in [4.69, 9.17) is 9.15 Å². The Bertz CT molecular complexity index is 539. The molecule has 3 nitrogen and oxygen atoms in total. The maximum absolute atomic E-state index is 5.61. The fourth-order valence-electron chi connectivity index (χ4n) is 2.17. The van der Waals surface area contributed by atoms with Crippen molar-refractivity contribution < 1.29 is 9.15 Å². The summed E-state index contributed by atoms with van der Waals surface area (Å²) >= 11 is 3.54. The normalized spacial score (nSPS) is 12.3. The average molecular weight is 338 g/mol. The van der Waals surface area contributed by atoms with Gasteiger partial charge in [0.15, 0.2) is 0 Å². The van der Waals surface area contributed by atoms with Crippen molar-refractivity contribution >= 4 is 15.9 Å². The van der Waals surface area contributed by atoms with E-state index in [1.807, 2.05) is 18.2 Å². The summed E-state index contributed by atoms with van der Waals surface area (Å²) in [4.78, 5) is 0. The van der Waals surface area contributed by atoms with Crippen molar-refractivity contribution in [2.45, 2.75) is 25.8 Å². The predicted molar refractivity (Wildman–Crippen MR) is 84.1 cm³/mol. The van der Waals surface area contributed by atoms with Gasteiger partial charge in [0.05, 0.1) is 23.9 Å². The Hall–Kier alpha value is -1.26. The molecule has 2 aromatic rings. The van der Waals surface area contributed by atoms with Gasteiger partial charge in [0.1, 0.15) is 11.5 Å². The van der Waals surface area contributed by atoms with E-state index in [0.29, 0.717) is 0 Å². The van der Waals surface area contributed by atoms with E-state index in [0.717, 1.165) is 35.4 Å². The summed E-state index contributed by atoms with van der Waals surface area (Å²) in [5.41, 5.74) is 1.22. The van der Waals surface area contributed by atoms with Crippen LogP contribution in [0.5, 0.6) is 5.75 Å². The second kappa shape index (κ2) is 7.50. The minimum absolute atomic E-state index is 0.159. The number of hydrogen-bond donors (Lipinski definition) is 1. The van der Waals surface area contributed by atoms with Crippen molar-refractivity contribution in [1.82, 2.24) is 5.32 Å². The Kier molecular flexibility index (Phi) is 5.68. The smallest absolute Gasteiger partial charge is 0.135 e. The first-order valence-corrected chi connectivity index (χ1v) is 7.63. The highest BCUT2D eigenvalue weighted by Crippen LogP contribution is 2.28. The second-order valence-corrected chi connectivity index (χ2v) is 5.55. The Labute approximate surface area is 128 Å². The Morgan fingerprint density at radius 1 is 1.35 bits per heavy atom. The topological polar surface area (TPSA) is 34.4 Å². The molecule has 0 aliphatic rings. The van der Waals surface area contributed by atoms with Gasteiger partial charge in [0, 0.05) is 0 Å². The fourth-order valence-corrected chi connectivity index (χ4v) is 2.64. The quantitative estimate of drug-likeness (QED) is 0.816. The summed E-state index contributed by atoms with van der Waals surface area (Å²) in [6, 6.07) is 10.2. The van der Waals surface area contributed by atoms with Crippen molar-refractivity contribution in [2.24, 2.45) is 0 Å². The first-order valence-electron chi connectivity index (χ1n) is 6.83. The van der Waals surface area contributed by atoms with Gasteiger partial charge in [0.25, 0.3) is 0 Å². The van der Waals surface area contributed by atoms with Crippen molar-refractivity contribution in [1.29, 1.82) is 0 Å². The van der Waals surface area contributed by atoms with Crippen molar-refractivity contribution in [3.05, 3.63) is 52.4 Å². The van der Waals surface area contributed by atoms with Gasteiger partial charge in [-0.1, -0.05) is 19.1 Å². The van der Waals surface area contributed by atoms with E-state index in [1.54, 1.807) is 13.4 Å². The molecule has 20 heavy (non-hydrogen) atoms. The number of ether oxygens (including phenoxy) is 1. The molecule has 0 radical (unpaired) electrons. The maximum Gasteiger partial charge on any atom is 0.135 e. The van der Waals surface area contributed by atoms with E-state index in [1.165, 1.54) is 5.56 Å². The molecular weight excluding hydrogens is 318 g/mol. The average Bonchev–Trinajstić information content (AvgIpc) is 2.90. The number of hydrogen-bond acceptors (Lipinski definition) is 3. The highest BCUT2D eigenvalue weighted by atomic mass is 79.9. The molecule has 1 atom stereocenters. The number of furan rings is 1. The van der Waals surface area contributed by atoms with Crippen LogP contribution >= 0.6 is 15.9 Å². The van der Waals surface area contributed by atoms with Crippen LogP contribution in [0.25, 0.3) is 0 Å². The number of benzene rings is 1. The van der Waals surface area contributed by atoms with Crippen LogP contribution < -0.4 is 10.1 Å². The molecule has 108 valence electrons. The van der Waals surface area contributed by atoms with Crippen molar-refractivity contribution in [2.75, 3.05) is 13.7 Å². The van der Waals surface area contributed by atoms with Crippen LogP contribution in [0.4, 0.5) is 0 Å².